The summed E-state index contributed by atoms with van der Waals surface area (Å²) in [5.41, 5.74) is 2.81. The molecule has 0 unspecified atom stereocenters. The molecule has 6 heteroatoms. The first-order chi connectivity index (χ1) is 13.9. The number of methoxy groups -OCH3 is 1. The Hall–Kier alpha value is -2.08. The molecule has 0 aliphatic carbocycles. The number of likely N-dealkylation sites (tertiary alicyclic amines) is 2. The number of carbonyl (C=O) groups is 2. The lowest BCUT2D eigenvalue weighted by Gasteiger charge is -2.41. The summed E-state index contributed by atoms with van der Waals surface area (Å²) in [6, 6.07) is 4.37. The summed E-state index contributed by atoms with van der Waals surface area (Å²) in [6.45, 7) is 9.55. The topological polar surface area (TPSA) is 59.1 Å². The van der Waals surface area contributed by atoms with E-state index in [2.05, 4.69) is 4.90 Å². The number of nitrogens with zero attached hydrogens (tertiary/aromatic N) is 2. The van der Waals surface area contributed by atoms with Gasteiger partial charge in [-0.2, -0.15) is 0 Å². The fourth-order valence-electron chi connectivity index (χ4n) is 4.83. The van der Waals surface area contributed by atoms with Gasteiger partial charge in [0.25, 0.3) is 0 Å². The van der Waals surface area contributed by atoms with Gasteiger partial charge in [0.15, 0.2) is 5.78 Å². The van der Waals surface area contributed by atoms with Crippen molar-refractivity contribution in [2.45, 2.75) is 52.5 Å². The van der Waals surface area contributed by atoms with Crippen molar-refractivity contribution in [1.82, 2.24) is 9.80 Å². The number of ketones is 1. The number of benzene rings is 1. The first-order valence-corrected chi connectivity index (χ1v) is 10.8. The second-order valence-corrected chi connectivity index (χ2v) is 8.26. The lowest BCUT2D eigenvalue weighted by atomic mass is 9.87. The number of piperidine rings is 2. The van der Waals surface area contributed by atoms with E-state index in [1.807, 2.05) is 32.9 Å². The Balaban J connectivity index is 1.61. The Labute approximate surface area is 174 Å². The molecule has 6 nitrogen and oxygen atoms in total. The van der Waals surface area contributed by atoms with Crippen LogP contribution in [0.15, 0.2) is 12.1 Å². The van der Waals surface area contributed by atoms with Crippen LogP contribution < -0.4 is 4.74 Å². The van der Waals surface area contributed by atoms with Crippen molar-refractivity contribution in [2.75, 3.05) is 39.9 Å². The standard InChI is InChI=1S/C23H34N2O4/c1-5-29-23(27)24-11-8-20(9-12-24)25-10-6-7-18(15-25)21(26)19-13-16(2)22(28-4)17(3)14-19/h13-14,18,20H,5-12,15H2,1-4H3/t18-/m0/s1. The first kappa shape index (κ1) is 21.6. The average Bonchev–Trinajstić information content (AvgIpc) is 2.73. The molecule has 29 heavy (non-hydrogen) atoms. The Morgan fingerprint density at radius 2 is 1.72 bits per heavy atom. The minimum atomic E-state index is -0.206. The van der Waals surface area contributed by atoms with Crippen molar-refractivity contribution in [1.29, 1.82) is 0 Å². The van der Waals surface area contributed by atoms with Gasteiger partial charge in [0.1, 0.15) is 5.75 Å². The van der Waals surface area contributed by atoms with Crippen molar-refractivity contribution >= 4 is 11.9 Å². The van der Waals surface area contributed by atoms with E-state index in [9.17, 15) is 9.59 Å². The van der Waals surface area contributed by atoms with Gasteiger partial charge in [-0.25, -0.2) is 4.79 Å². The highest BCUT2D eigenvalue weighted by Crippen LogP contribution is 2.29. The molecule has 160 valence electrons. The number of aryl methyl sites for hydroxylation is 2. The fraction of sp³-hybridized carbons (Fsp3) is 0.652. The maximum absolute atomic E-state index is 13.2. The number of hydrogen-bond acceptors (Lipinski definition) is 5. The lowest BCUT2D eigenvalue weighted by molar-refractivity contribution is 0.0532. The maximum atomic E-state index is 13.2. The summed E-state index contributed by atoms with van der Waals surface area (Å²) in [4.78, 5) is 29.4. The minimum absolute atomic E-state index is 0.0408. The Morgan fingerprint density at radius 1 is 1.07 bits per heavy atom. The van der Waals surface area contributed by atoms with E-state index in [1.165, 1.54) is 0 Å². The highest BCUT2D eigenvalue weighted by atomic mass is 16.6. The molecular weight excluding hydrogens is 368 g/mol. The van der Waals surface area contributed by atoms with Gasteiger partial charge >= 0.3 is 6.09 Å². The van der Waals surface area contributed by atoms with E-state index >= 15 is 0 Å². The summed E-state index contributed by atoms with van der Waals surface area (Å²) >= 11 is 0. The summed E-state index contributed by atoms with van der Waals surface area (Å²) in [5, 5.41) is 0. The Kier molecular flexibility index (Phi) is 7.17. The number of rotatable bonds is 5. The van der Waals surface area contributed by atoms with Crippen LogP contribution >= 0.6 is 0 Å². The first-order valence-electron chi connectivity index (χ1n) is 10.8. The molecule has 0 aromatic heterocycles. The smallest absolute Gasteiger partial charge is 0.409 e. The average molecular weight is 403 g/mol. The maximum Gasteiger partial charge on any atom is 0.409 e. The molecule has 2 saturated heterocycles. The van der Waals surface area contributed by atoms with Crippen LogP contribution in [0.2, 0.25) is 0 Å². The van der Waals surface area contributed by atoms with E-state index in [-0.39, 0.29) is 17.8 Å². The van der Waals surface area contributed by atoms with Gasteiger partial charge in [0.2, 0.25) is 0 Å². The van der Waals surface area contributed by atoms with Gasteiger partial charge in [0.05, 0.1) is 13.7 Å². The number of carbonyl (C=O) groups excluding carboxylic acids is 2. The van der Waals surface area contributed by atoms with E-state index in [4.69, 9.17) is 9.47 Å². The number of hydrogen-bond donors (Lipinski definition) is 0. The zero-order valence-electron chi connectivity index (χ0n) is 18.2. The van der Waals surface area contributed by atoms with Gasteiger partial charge in [-0.05, 0) is 76.3 Å². The van der Waals surface area contributed by atoms with Gasteiger partial charge in [-0.15, -0.1) is 0 Å². The number of amides is 1. The molecule has 3 rings (SSSR count). The van der Waals surface area contributed by atoms with E-state index < -0.39 is 0 Å². The van der Waals surface area contributed by atoms with Crippen molar-refractivity contribution in [3.05, 3.63) is 28.8 Å². The minimum Gasteiger partial charge on any atom is -0.496 e. The molecule has 1 amide bonds. The van der Waals surface area contributed by atoms with Crippen LogP contribution in [0, 0.1) is 19.8 Å². The molecule has 0 bridgehead atoms. The normalized spacial score (nSPS) is 21.1. The van der Waals surface area contributed by atoms with Crippen LogP contribution in [0.3, 0.4) is 0 Å². The zero-order chi connectivity index (χ0) is 21.0. The zero-order valence-corrected chi connectivity index (χ0v) is 18.2. The molecule has 0 spiro atoms. The van der Waals surface area contributed by atoms with Crippen LogP contribution in [0.1, 0.15) is 54.1 Å². The molecule has 2 heterocycles. The third-order valence-corrected chi connectivity index (χ3v) is 6.28. The highest BCUT2D eigenvalue weighted by molar-refractivity contribution is 5.98. The molecule has 1 aromatic rings. The van der Waals surface area contributed by atoms with Crippen molar-refractivity contribution < 1.29 is 19.1 Å². The van der Waals surface area contributed by atoms with Crippen molar-refractivity contribution in [3.8, 4) is 5.75 Å². The van der Waals surface area contributed by atoms with E-state index in [0.717, 1.165) is 74.3 Å². The van der Waals surface area contributed by atoms with Crippen molar-refractivity contribution in [3.63, 3.8) is 0 Å². The summed E-state index contributed by atoms with van der Waals surface area (Å²) in [7, 11) is 1.67. The van der Waals surface area contributed by atoms with Gasteiger partial charge in [-0.3, -0.25) is 9.69 Å². The third kappa shape index (κ3) is 4.92. The second-order valence-electron chi connectivity index (χ2n) is 8.26. The van der Waals surface area contributed by atoms with Crippen LogP contribution in [0.25, 0.3) is 0 Å². The molecule has 2 fully saturated rings. The van der Waals surface area contributed by atoms with Gasteiger partial charge < -0.3 is 14.4 Å². The van der Waals surface area contributed by atoms with Crippen LogP contribution in [0.4, 0.5) is 4.79 Å². The Morgan fingerprint density at radius 3 is 2.31 bits per heavy atom. The number of Topliss-reactive ketones (excluding diaryl/α,β-unsaturated/α-hetero) is 1. The molecule has 0 N–H and O–H groups in total. The summed E-state index contributed by atoms with van der Waals surface area (Å²) < 4.78 is 10.6. The van der Waals surface area contributed by atoms with Gasteiger partial charge in [0, 0.05) is 37.2 Å². The fourth-order valence-corrected chi connectivity index (χ4v) is 4.83. The predicted molar refractivity (Wildman–Crippen MR) is 113 cm³/mol. The van der Waals surface area contributed by atoms with Crippen LogP contribution in [-0.4, -0.2) is 67.6 Å². The Bertz CT molecular complexity index is 717. The van der Waals surface area contributed by atoms with Crippen LogP contribution in [-0.2, 0) is 4.74 Å². The predicted octanol–water partition coefficient (Wildman–Crippen LogP) is 3.83. The van der Waals surface area contributed by atoms with Gasteiger partial charge in [-0.1, -0.05) is 0 Å². The second kappa shape index (κ2) is 9.61. The van der Waals surface area contributed by atoms with E-state index in [0.29, 0.717) is 12.6 Å². The molecule has 2 aliphatic rings. The quantitative estimate of drug-likeness (QED) is 0.701. The van der Waals surface area contributed by atoms with Crippen molar-refractivity contribution in [2.24, 2.45) is 5.92 Å². The van der Waals surface area contributed by atoms with E-state index in [1.54, 1.807) is 12.0 Å². The molecule has 0 saturated carbocycles. The monoisotopic (exact) mass is 402 g/mol. The molecule has 0 radical (unpaired) electrons. The molecule has 1 aromatic carbocycles. The molecular formula is C23H34N2O4. The van der Waals surface area contributed by atoms with Crippen LogP contribution in [0.5, 0.6) is 5.75 Å². The SMILES string of the molecule is CCOC(=O)N1CCC(N2CCC[C@H](C(=O)c3cc(C)c(OC)c(C)c3)C2)CC1. The summed E-state index contributed by atoms with van der Waals surface area (Å²) in [5.74, 6) is 1.15. The third-order valence-electron chi connectivity index (χ3n) is 6.28. The largest absolute Gasteiger partial charge is 0.496 e. The number of ether oxygens (including phenoxy) is 2. The highest BCUT2D eigenvalue weighted by Gasteiger charge is 2.33. The molecule has 1 atom stereocenters. The summed E-state index contributed by atoms with van der Waals surface area (Å²) in [6.07, 6.45) is 3.67. The molecule has 2 aliphatic heterocycles. The lowest BCUT2D eigenvalue weighted by Crippen LogP contribution is -2.50.